The van der Waals surface area contributed by atoms with E-state index in [1.165, 1.54) is 0 Å². The monoisotopic (exact) mass is 398 g/mol. The van der Waals surface area contributed by atoms with Crippen LogP contribution in [0.5, 0.6) is 0 Å². The number of anilines is 1. The first-order valence-corrected chi connectivity index (χ1v) is 8.70. The average Bonchev–Trinajstić information content (AvgIpc) is 2.79. The highest BCUT2D eigenvalue weighted by Crippen LogP contribution is 2.42. The van der Waals surface area contributed by atoms with Gasteiger partial charge < -0.3 is 15.3 Å². The lowest BCUT2D eigenvalue weighted by atomic mass is 9.95. The van der Waals surface area contributed by atoms with Crippen LogP contribution in [0.15, 0.2) is 64.3 Å². The summed E-state index contributed by atoms with van der Waals surface area (Å²) < 4.78 is 0.931. The van der Waals surface area contributed by atoms with Crippen molar-refractivity contribution in [3.63, 3.8) is 0 Å². The predicted octanol–water partition coefficient (Wildman–Crippen LogP) is 3.54. The fourth-order valence-electron chi connectivity index (χ4n) is 3.50. The summed E-state index contributed by atoms with van der Waals surface area (Å²) in [5.41, 5.74) is 3.88. The number of fused-ring (bicyclic) bond motifs is 3. The molecule has 0 unspecified atom stereocenters. The molecule has 0 spiro atoms. The number of carbonyl (C=O) groups excluding carboxylic acids is 1. The Labute approximate surface area is 153 Å². The largest absolute Gasteiger partial charge is 0.481 e. The van der Waals surface area contributed by atoms with Crippen LogP contribution in [0, 0.1) is 0 Å². The maximum atomic E-state index is 12.9. The summed E-state index contributed by atoms with van der Waals surface area (Å²) in [4.78, 5) is 25.8. The molecular formula is C19H15BrN2O3. The number of aliphatic carboxylic acids is 1. The van der Waals surface area contributed by atoms with Crippen LogP contribution in [0.2, 0.25) is 0 Å². The Hall–Kier alpha value is -2.60. The van der Waals surface area contributed by atoms with E-state index >= 15 is 0 Å². The van der Waals surface area contributed by atoms with E-state index in [2.05, 4.69) is 21.2 Å². The Morgan fingerprint density at radius 3 is 2.72 bits per heavy atom. The van der Waals surface area contributed by atoms with Crippen LogP contribution >= 0.6 is 15.9 Å². The van der Waals surface area contributed by atoms with Crippen molar-refractivity contribution in [2.75, 3.05) is 11.9 Å². The second kappa shape index (κ2) is 6.04. The normalized spacial score (nSPS) is 18.7. The molecule has 4 rings (SSSR count). The summed E-state index contributed by atoms with van der Waals surface area (Å²) >= 11 is 3.51. The van der Waals surface area contributed by atoms with Crippen LogP contribution in [-0.2, 0) is 9.59 Å². The molecule has 0 saturated carbocycles. The third-order valence-corrected chi connectivity index (χ3v) is 5.05. The number of nitrogens with one attached hydrogen (secondary N) is 1. The van der Waals surface area contributed by atoms with E-state index < -0.39 is 5.97 Å². The van der Waals surface area contributed by atoms with Gasteiger partial charge >= 0.3 is 5.97 Å². The van der Waals surface area contributed by atoms with Gasteiger partial charge in [-0.15, -0.1) is 0 Å². The molecule has 25 heavy (non-hydrogen) atoms. The number of hydrogen-bond acceptors (Lipinski definition) is 3. The van der Waals surface area contributed by atoms with E-state index in [4.69, 9.17) is 5.11 Å². The van der Waals surface area contributed by atoms with Gasteiger partial charge in [-0.25, -0.2) is 0 Å². The molecule has 0 saturated heterocycles. The van der Waals surface area contributed by atoms with E-state index in [9.17, 15) is 9.59 Å². The first-order chi connectivity index (χ1) is 12.0. The van der Waals surface area contributed by atoms with Gasteiger partial charge in [-0.05, 0) is 23.8 Å². The molecule has 6 heteroatoms. The highest BCUT2D eigenvalue weighted by molar-refractivity contribution is 9.10. The molecule has 0 fully saturated rings. The van der Waals surface area contributed by atoms with Gasteiger partial charge in [0.2, 0.25) is 0 Å². The van der Waals surface area contributed by atoms with Crippen LogP contribution in [0.4, 0.5) is 5.69 Å². The van der Waals surface area contributed by atoms with Gasteiger partial charge in [-0.2, -0.15) is 0 Å². The van der Waals surface area contributed by atoms with Crippen molar-refractivity contribution in [1.29, 1.82) is 0 Å². The van der Waals surface area contributed by atoms with Crippen LogP contribution in [-0.4, -0.2) is 28.4 Å². The molecule has 2 aliphatic rings. The average molecular weight is 399 g/mol. The molecule has 1 atom stereocenters. The lowest BCUT2D eigenvalue weighted by molar-refractivity contribution is -0.137. The van der Waals surface area contributed by atoms with E-state index in [0.29, 0.717) is 17.8 Å². The molecule has 1 amide bonds. The van der Waals surface area contributed by atoms with Crippen molar-refractivity contribution in [3.8, 4) is 0 Å². The van der Waals surface area contributed by atoms with Gasteiger partial charge in [0.05, 0.1) is 19.0 Å². The summed E-state index contributed by atoms with van der Waals surface area (Å²) in [5, 5.41) is 12.5. The lowest BCUT2D eigenvalue weighted by Crippen LogP contribution is -2.32. The summed E-state index contributed by atoms with van der Waals surface area (Å²) in [7, 11) is 0. The maximum Gasteiger partial charge on any atom is 0.308 e. The molecule has 0 radical (unpaired) electrons. The summed E-state index contributed by atoms with van der Waals surface area (Å²) in [5.74, 6) is -1.22. The number of nitrogens with zero attached hydrogens (tertiary/aromatic N) is 1. The number of hydrogen-bond donors (Lipinski definition) is 2. The summed E-state index contributed by atoms with van der Waals surface area (Å²) in [6.45, 7) is 0.382. The molecule has 2 aliphatic heterocycles. The molecule has 0 aliphatic carbocycles. The standard InChI is InChI=1S/C19H15BrN2O3/c20-12-6-7-15-13(8-12)18(11-4-2-1-3-5-11)22-10-16(21-15)14(19(22)25)9-17(23)24/h1-8,18,21H,9-10H2,(H,23,24)/t18-/m0/s1. The Bertz CT molecular complexity index is 908. The van der Waals surface area contributed by atoms with Gasteiger partial charge in [-0.1, -0.05) is 46.3 Å². The number of amides is 1. The van der Waals surface area contributed by atoms with E-state index in [1.54, 1.807) is 4.90 Å². The van der Waals surface area contributed by atoms with Crippen LogP contribution < -0.4 is 5.32 Å². The number of carbonyl (C=O) groups is 2. The molecule has 2 aromatic rings. The Morgan fingerprint density at radius 2 is 2.00 bits per heavy atom. The van der Waals surface area contributed by atoms with Crippen LogP contribution in [0.3, 0.4) is 0 Å². The quantitative estimate of drug-likeness (QED) is 0.829. The van der Waals surface area contributed by atoms with E-state index in [1.807, 2.05) is 48.5 Å². The maximum absolute atomic E-state index is 12.9. The van der Waals surface area contributed by atoms with Crippen LogP contribution in [0.1, 0.15) is 23.6 Å². The SMILES string of the molecule is O=C(O)CC1=C2CN(C1=O)[C@@H](c1ccccc1)c1cc(Br)ccc1N2. The van der Waals surface area contributed by atoms with Crippen LogP contribution in [0.25, 0.3) is 0 Å². The number of carboxylic acids is 1. The Morgan fingerprint density at radius 1 is 1.24 bits per heavy atom. The molecule has 2 aromatic carbocycles. The Kier molecular flexibility index (Phi) is 3.84. The number of carboxylic acid groups (broad SMARTS) is 1. The molecule has 126 valence electrons. The Balaban J connectivity index is 1.90. The highest BCUT2D eigenvalue weighted by Gasteiger charge is 2.40. The van der Waals surface area contributed by atoms with Gasteiger partial charge in [0.15, 0.2) is 0 Å². The zero-order chi connectivity index (χ0) is 17.6. The van der Waals surface area contributed by atoms with Gasteiger partial charge in [0.1, 0.15) is 0 Å². The molecule has 2 N–H and O–H groups in total. The molecule has 2 heterocycles. The minimum Gasteiger partial charge on any atom is -0.481 e. The van der Waals surface area contributed by atoms with Gasteiger partial charge in [0.25, 0.3) is 5.91 Å². The second-order valence-electron chi connectivity index (χ2n) is 6.13. The number of rotatable bonds is 3. The fraction of sp³-hybridized carbons (Fsp3) is 0.158. The fourth-order valence-corrected chi connectivity index (χ4v) is 3.87. The third-order valence-electron chi connectivity index (χ3n) is 4.56. The molecule has 5 nitrogen and oxygen atoms in total. The lowest BCUT2D eigenvalue weighted by Gasteiger charge is -2.29. The zero-order valence-electron chi connectivity index (χ0n) is 13.2. The van der Waals surface area contributed by atoms with Crippen molar-refractivity contribution in [3.05, 3.63) is 75.4 Å². The minimum atomic E-state index is -1.00. The molecular weight excluding hydrogens is 384 g/mol. The van der Waals surface area contributed by atoms with Crippen molar-refractivity contribution < 1.29 is 14.7 Å². The zero-order valence-corrected chi connectivity index (χ0v) is 14.8. The van der Waals surface area contributed by atoms with Crippen molar-refractivity contribution >= 4 is 33.5 Å². The highest BCUT2D eigenvalue weighted by atomic mass is 79.9. The molecule has 2 bridgehead atoms. The third kappa shape index (κ3) is 2.72. The number of halogens is 1. The van der Waals surface area contributed by atoms with Gasteiger partial charge in [-0.3, -0.25) is 9.59 Å². The van der Waals surface area contributed by atoms with Crippen molar-refractivity contribution in [2.24, 2.45) is 0 Å². The van der Waals surface area contributed by atoms with E-state index in [-0.39, 0.29) is 18.4 Å². The minimum absolute atomic E-state index is 0.218. The first kappa shape index (κ1) is 15.9. The summed E-state index contributed by atoms with van der Waals surface area (Å²) in [6.07, 6.45) is -0.273. The van der Waals surface area contributed by atoms with Gasteiger partial charge in [0, 0.05) is 27.0 Å². The topological polar surface area (TPSA) is 69.6 Å². The van der Waals surface area contributed by atoms with Crippen molar-refractivity contribution in [2.45, 2.75) is 12.5 Å². The second-order valence-corrected chi connectivity index (χ2v) is 7.05. The molecule has 0 aromatic heterocycles. The van der Waals surface area contributed by atoms with E-state index in [0.717, 1.165) is 21.3 Å². The first-order valence-electron chi connectivity index (χ1n) is 7.91. The predicted molar refractivity (Wildman–Crippen MR) is 97.0 cm³/mol. The van der Waals surface area contributed by atoms with Crippen molar-refractivity contribution in [1.82, 2.24) is 4.90 Å². The number of benzene rings is 2. The smallest absolute Gasteiger partial charge is 0.308 e. The summed E-state index contributed by atoms with van der Waals surface area (Å²) in [6, 6.07) is 15.4.